The Balaban J connectivity index is 3.11. The maximum Gasteiger partial charge on any atom is 0.326 e. The molecule has 1 N–H and O–H groups in total. The first-order chi connectivity index (χ1) is 10.2. The molecule has 0 aliphatic rings. The molecule has 0 bridgehead atoms. The summed E-state index contributed by atoms with van der Waals surface area (Å²) in [5.41, 5.74) is 1.72. The number of likely N-dealkylation sites (N-methyl/N-ethyl adjacent to an activating group) is 1. The smallest absolute Gasteiger partial charge is 0.326 e. The zero-order chi connectivity index (χ0) is 16.9. The van der Waals surface area contributed by atoms with Crippen LogP contribution in [0, 0.1) is 12.8 Å². The molecule has 22 heavy (non-hydrogen) atoms. The number of hydrogen-bond acceptors (Lipinski definition) is 3. The van der Waals surface area contributed by atoms with Crippen LogP contribution in [0.25, 0.3) is 0 Å². The van der Waals surface area contributed by atoms with Crippen LogP contribution >= 0.6 is 0 Å². The van der Waals surface area contributed by atoms with Gasteiger partial charge < -0.3 is 14.6 Å². The third-order valence-corrected chi connectivity index (χ3v) is 3.86. The molecule has 0 spiro atoms. The predicted octanol–water partition coefficient (Wildman–Crippen LogP) is 2.32. The minimum Gasteiger partial charge on any atom is -0.480 e. The second kappa shape index (κ2) is 8.13. The van der Waals surface area contributed by atoms with Gasteiger partial charge in [0.15, 0.2) is 0 Å². The maximum atomic E-state index is 12.2. The Hall–Kier alpha value is -1.62. The highest BCUT2D eigenvalue weighted by Crippen LogP contribution is 2.18. The summed E-state index contributed by atoms with van der Waals surface area (Å²) in [6, 6.07) is 0.768. The van der Waals surface area contributed by atoms with Gasteiger partial charge in [-0.25, -0.2) is 4.79 Å². The number of aromatic nitrogens is 1. The lowest BCUT2D eigenvalue weighted by Gasteiger charge is -2.19. The van der Waals surface area contributed by atoms with Crippen LogP contribution in [0.5, 0.6) is 0 Å². The van der Waals surface area contributed by atoms with E-state index in [1.165, 1.54) is 4.57 Å². The van der Waals surface area contributed by atoms with Crippen molar-refractivity contribution in [2.75, 3.05) is 20.6 Å². The molecule has 0 fully saturated rings. The molecule has 0 saturated heterocycles. The minimum atomic E-state index is -0.940. The van der Waals surface area contributed by atoms with Crippen LogP contribution in [0.3, 0.4) is 0 Å². The van der Waals surface area contributed by atoms with Gasteiger partial charge in [-0.05, 0) is 57.3 Å². The van der Waals surface area contributed by atoms with Gasteiger partial charge in [-0.2, -0.15) is 0 Å². The number of carbonyl (C=O) groups is 1. The summed E-state index contributed by atoms with van der Waals surface area (Å²) in [4.78, 5) is 25.8. The molecule has 1 rings (SSSR count). The third kappa shape index (κ3) is 5.30. The molecule has 0 aliphatic heterocycles. The van der Waals surface area contributed by atoms with Crippen LogP contribution in [-0.4, -0.2) is 41.2 Å². The van der Waals surface area contributed by atoms with Crippen molar-refractivity contribution in [3.8, 4) is 0 Å². The van der Waals surface area contributed by atoms with Crippen molar-refractivity contribution in [2.45, 2.75) is 46.1 Å². The first-order valence-corrected chi connectivity index (χ1v) is 7.81. The molecule has 0 aromatic carbocycles. The van der Waals surface area contributed by atoms with E-state index in [4.69, 9.17) is 0 Å². The van der Waals surface area contributed by atoms with Crippen LogP contribution in [0.4, 0.5) is 0 Å². The van der Waals surface area contributed by atoms with Gasteiger partial charge in [-0.3, -0.25) is 4.79 Å². The lowest BCUT2D eigenvalue weighted by Crippen LogP contribution is -2.30. The van der Waals surface area contributed by atoms with Gasteiger partial charge in [0.2, 0.25) is 0 Å². The van der Waals surface area contributed by atoms with E-state index in [1.807, 2.05) is 21.0 Å². The molecule has 1 aromatic rings. The second-order valence-electron chi connectivity index (χ2n) is 6.61. The molecule has 0 saturated carbocycles. The fourth-order valence-electron chi connectivity index (χ4n) is 2.41. The second-order valence-corrected chi connectivity index (χ2v) is 6.61. The highest BCUT2D eigenvalue weighted by atomic mass is 16.4. The van der Waals surface area contributed by atoms with Crippen LogP contribution in [0.15, 0.2) is 17.1 Å². The Kier molecular flexibility index (Phi) is 6.81. The van der Waals surface area contributed by atoms with Gasteiger partial charge in [0, 0.05) is 18.8 Å². The molecule has 124 valence electrons. The molecule has 1 aromatic heterocycles. The van der Waals surface area contributed by atoms with E-state index in [2.05, 4.69) is 18.7 Å². The van der Waals surface area contributed by atoms with E-state index in [0.717, 1.165) is 30.5 Å². The average molecular weight is 308 g/mol. The zero-order valence-electron chi connectivity index (χ0n) is 14.3. The third-order valence-electron chi connectivity index (χ3n) is 3.86. The number of pyridine rings is 1. The largest absolute Gasteiger partial charge is 0.480 e. The maximum absolute atomic E-state index is 12.2. The van der Waals surface area contributed by atoms with Crippen molar-refractivity contribution in [3.05, 3.63) is 33.7 Å². The van der Waals surface area contributed by atoms with Crippen LogP contribution in [-0.2, 0) is 11.2 Å². The molecular weight excluding hydrogens is 280 g/mol. The summed E-state index contributed by atoms with van der Waals surface area (Å²) in [5, 5.41) is 9.47. The fourth-order valence-corrected chi connectivity index (χ4v) is 2.41. The van der Waals surface area contributed by atoms with Crippen molar-refractivity contribution >= 4 is 5.97 Å². The van der Waals surface area contributed by atoms with Crippen molar-refractivity contribution in [2.24, 2.45) is 5.92 Å². The number of aryl methyl sites for hydroxylation is 1. The summed E-state index contributed by atoms with van der Waals surface area (Å²) in [6.07, 6.45) is 3.79. The van der Waals surface area contributed by atoms with E-state index >= 15 is 0 Å². The predicted molar refractivity (Wildman–Crippen MR) is 88.4 cm³/mol. The molecule has 1 unspecified atom stereocenters. The Morgan fingerprint density at radius 1 is 1.32 bits per heavy atom. The molecular formula is C17H28N2O3. The topological polar surface area (TPSA) is 62.5 Å². The van der Waals surface area contributed by atoms with Crippen LogP contribution < -0.4 is 5.56 Å². The summed E-state index contributed by atoms with van der Waals surface area (Å²) in [7, 11) is 3.99. The number of rotatable bonds is 8. The number of nitrogens with zero attached hydrogens (tertiary/aromatic N) is 2. The molecule has 5 nitrogen and oxygen atoms in total. The fraction of sp³-hybridized carbons (Fsp3) is 0.647. The average Bonchev–Trinajstić information content (AvgIpc) is 2.38. The SMILES string of the molecule is Cc1cc(=O)n(C(CCC(C)C)C(=O)O)cc1CCN(C)C. The van der Waals surface area contributed by atoms with Crippen molar-refractivity contribution in [1.82, 2.24) is 9.47 Å². The summed E-state index contributed by atoms with van der Waals surface area (Å²) in [5.74, 6) is -0.527. The first kappa shape index (κ1) is 18.4. The van der Waals surface area contributed by atoms with Crippen molar-refractivity contribution in [1.29, 1.82) is 0 Å². The molecule has 1 atom stereocenters. The van der Waals surface area contributed by atoms with Gasteiger partial charge in [-0.15, -0.1) is 0 Å². The van der Waals surface area contributed by atoms with Crippen LogP contribution in [0.2, 0.25) is 0 Å². The molecule has 0 aliphatic carbocycles. The number of carboxylic acid groups (broad SMARTS) is 1. The van der Waals surface area contributed by atoms with E-state index in [0.29, 0.717) is 12.3 Å². The minimum absolute atomic E-state index is 0.234. The molecule has 0 amide bonds. The van der Waals surface area contributed by atoms with Gasteiger partial charge in [0.25, 0.3) is 5.56 Å². The van der Waals surface area contributed by atoms with Gasteiger partial charge in [0.05, 0.1) is 0 Å². The van der Waals surface area contributed by atoms with Gasteiger partial charge in [-0.1, -0.05) is 13.8 Å². The number of hydrogen-bond donors (Lipinski definition) is 1. The van der Waals surface area contributed by atoms with Gasteiger partial charge in [0.1, 0.15) is 6.04 Å². The Morgan fingerprint density at radius 2 is 1.95 bits per heavy atom. The Bertz CT molecular complexity index is 562. The standard InChI is InChI=1S/C17H28N2O3/c1-12(2)6-7-15(17(21)22)19-11-14(8-9-18(4)5)13(3)10-16(19)20/h10-12,15H,6-9H2,1-5H3,(H,21,22). The Labute approximate surface area is 132 Å². The lowest BCUT2D eigenvalue weighted by atomic mass is 10.0. The highest BCUT2D eigenvalue weighted by Gasteiger charge is 2.21. The Morgan fingerprint density at radius 3 is 2.45 bits per heavy atom. The summed E-state index contributed by atoms with van der Waals surface area (Å²) < 4.78 is 1.39. The number of aliphatic carboxylic acids is 1. The summed E-state index contributed by atoms with van der Waals surface area (Å²) in [6.45, 7) is 6.88. The molecule has 0 radical (unpaired) electrons. The van der Waals surface area contributed by atoms with Crippen molar-refractivity contribution < 1.29 is 9.90 Å². The van der Waals surface area contributed by atoms with E-state index in [9.17, 15) is 14.7 Å². The van der Waals surface area contributed by atoms with E-state index < -0.39 is 12.0 Å². The number of carboxylic acids is 1. The van der Waals surface area contributed by atoms with E-state index in [1.54, 1.807) is 12.3 Å². The van der Waals surface area contributed by atoms with Gasteiger partial charge >= 0.3 is 5.97 Å². The first-order valence-electron chi connectivity index (χ1n) is 7.81. The monoisotopic (exact) mass is 308 g/mol. The van der Waals surface area contributed by atoms with Crippen molar-refractivity contribution in [3.63, 3.8) is 0 Å². The quantitative estimate of drug-likeness (QED) is 0.800. The van der Waals surface area contributed by atoms with Crippen LogP contribution in [0.1, 0.15) is 43.9 Å². The zero-order valence-corrected chi connectivity index (χ0v) is 14.3. The molecule has 1 heterocycles. The lowest BCUT2D eigenvalue weighted by molar-refractivity contribution is -0.141. The van der Waals surface area contributed by atoms with E-state index in [-0.39, 0.29) is 5.56 Å². The normalized spacial score (nSPS) is 12.9. The summed E-state index contributed by atoms with van der Waals surface area (Å²) >= 11 is 0. The highest BCUT2D eigenvalue weighted by molar-refractivity contribution is 5.71. The molecule has 5 heteroatoms.